The molecule has 0 spiro atoms. The van der Waals surface area contributed by atoms with Crippen LogP contribution in [0.25, 0.3) is 0 Å². The zero-order valence-corrected chi connectivity index (χ0v) is 9.93. The summed E-state index contributed by atoms with van der Waals surface area (Å²) >= 11 is 0. The van der Waals surface area contributed by atoms with Crippen LogP contribution in [0.1, 0.15) is 18.1 Å². The first kappa shape index (κ1) is 15.4. The molecule has 0 aliphatic carbocycles. The summed E-state index contributed by atoms with van der Waals surface area (Å²) in [7, 11) is 0. The molecular weight excluding hydrogens is 271 g/mol. The van der Waals surface area contributed by atoms with Crippen molar-refractivity contribution in [2.24, 2.45) is 0 Å². The molecule has 106 valence electrons. The molecule has 7 heteroatoms. The quantitative estimate of drug-likeness (QED) is 0.624. The highest BCUT2D eigenvalue weighted by molar-refractivity contribution is 5.72. The highest BCUT2D eigenvalue weighted by Crippen LogP contribution is 2.43. The van der Waals surface area contributed by atoms with Crippen LogP contribution in [0.2, 0.25) is 0 Å². The molecule has 0 aromatic heterocycles. The molecule has 0 radical (unpaired) electrons. The normalized spacial score (nSPS) is 12.3. The SMILES string of the molecule is CCOC(=O)Cc1cccc(C(F)(F)C(F)(F)F)c1. The zero-order valence-electron chi connectivity index (χ0n) is 9.93. The van der Waals surface area contributed by atoms with Gasteiger partial charge in [0, 0.05) is 5.56 Å². The molecule has 0 N–H and O–H groups in total. The lowest BCUT2D eigenvalue weighted by atomic mass is 10.0. The number of esters is 1. The van der Waals surface area contributed by atoms with Crippen LogP contribution >= 0.6 is 0 Å². The predicted octanol–water partition coefficient (Wildman–Crippen LogP) is 3.45. The van der Waals surface area contributed by atoms with Crippen molar-refractivity contribution in [3.8, 4) is 0 Å². The van der Waals surface area contributed by atoms with Crippen molar-refractivity contribution in [3.05, 3.63) is 35.4 Å². The van der Waals surface area contributed by atoms with E-state index in [1.807, 2.05) is 0 Å². The van der Waals surface area contributed by atoms with Crippen molar-refractivity contribution in [2.45, 2.75) is 25.4 Å². The van der Waals surface area contributed by atoms with Gasteiger partial charge in [-0.3, -0.25) is 4.79 Å². The van der Waals surface area contributed by atoms with Crippen LogP contribution in [0.15, 0.2) is 24.3 Å². The minimum Gasteiger partial charge on any atom is -0.466 e. The topological polar surface area (TPSA) is 26.3 Å². The molecule has 0 saturated heterocycles. The molecule has 0 fully saturated rings. The van der Waals surface area contributed by atoms with Crippen LogP contribution in [-0.2, 0) is 21.9 Å². The van der Waals surface area contributed by atoms with Gasteiger partial charge >= 0.3 is 18.1 Å². The van der Waals surface area contributed by atoms with Crippen LogP contribution in [-0.4, -0.2) is 18.8 Å². The smallest absolute Gasteiger partial charge is 0.458 e. The summed E-state index contributed by atoms with van der Waals surface area (Å²) in [6.07, 6.45) is -6.02. The first-order valence-corrected chi connectivity index (χ1v) is 5.38. The Hall–Kier alpha value is -1.66. The Morgan fingerprint density at radius 3 is 2.37 bits per heavy atom. The molecular formula is C12H11F5O2. The zero-order chi connectivity index (χ0) is 14.7. The van der Waals surface area contributed by atoms with E-state index in [0.717, 1.165) is 6.07 Å². The van der Waals surface area contributed by atoms with E-state index in [4.69, 9.17) is 0 Å². The predicted molar refractivity (Wildman–Crippen MR) is 56.7 cm³/mol. The van der Waals surface area contributed by atoms with E-state index in [9.17, 15) is 26.7 Å². The Morgan fingerprint density at radius 1 is 1.21 bits per heavy atom. The fourth-order valence-corrected chi connectivity index (χ4v) is 1.42. The van der Waals surface area contributed by atoms with Gasteiger partial charge in [0.15, 0.2) is 0 Å². The Balaban J connectivity index is 2.98. The summed E-state index contributed by atoms with van der Waals surface area (Å²) in [6.45, 7) is 1.67. The summed E-state index contributed by atoms with van der Waals surface area (Å²) in [5.41, 5.74) is -1.15. The second-order valence-corrected chi connectivity index (χ2v) is 3.75. The summed E-state index contributed by atoms with van der Waals surface area (Å²) in [5, 5.41) is 0. The molecule has 19 heavy (non-hydrogen) atoms. The van der Waals surface area contributed by atoms with Crippen molar-refractivity contribution in [1.29, 1.82) is 0 Å². The summed E-state index contributed by atoms with van der Waals surface area (Å²) in [5.74, 6) is -5.63. The highest BCUT2D eigenvalue weighted by Gasteiger charge is 2.58. The van der Waals surface area contributed by atoms with Crippen molar-refractivity contribution < 1.29 is 31.5 Å². The van der Waals surface area contributed by atoms with Crippen molar-refractivity contribution in [3.63, 3.8) is 0 Å². The molecule has 0 aliphatic heterocycles. The second-order valence-electron chi connectivity index (χ2n) is 3.75. The van der Waals surface area contributed by atoms with Gasteiger partial charge in [-0.25, -0.2) is 0 Å². The molecule has 1 aromatic rings. The van der Waals surface area contributed by atoms with Gasteiger partial charge in [0.1, 0.15) is 0 Å². The third kappa shape index (κ3) is 3.65. The van der Waals surface area contributed by atoms with Gasteiger partial charge in [-0.1, -0.05) is 18.2 Å². The Bertz CT molecular complexity index is 454. The van der Waals surface area contributed by atoms with Crippen molar-refractivity contribution in [2.75, 3.05) is 6.61 Å². The number of ether oxygens (including phenoxy) is 1. The van der Waals surface area contributed by atoms with Crippen molar-refractivity contribution >= 4 is 5.97 Å². The summed E-state index contributed by atoms with van der Waals surface area (Å²) < 4.78 is 67.3. The maximum Gasteiger partial charge on any atom is 0.458 e. The van der Waals surface area contributed by atoms with E-state index in [2.05, 4.69) is 4.74 Å². The van der Waals surface area contributed by atoms with Gasteiger partial charge in [0.2, 0.25) is 0 Å². The first-order chi connectivity index (χ1) is 8.68. The van der Waals surface area contributed by atoms with Gasteiger partial charge in [-0.2, -0.15) is 22.0 Å². The minimum absolute atomic E-state index is 0.0416. The number of benzene rings is 1. The van der Waals surface area contributed by atoms with Crippen LogP contribution in [0.3, 0.4) is 0 Å². The molecule has 0 saturated carbocycles. The van der Waals surface area contributed by atoms with Crippen LogP contribution < -0.4 is 0 Å². The molecule has 2 nitrogen and oxygen atoms in total. The van der Waals surface area contributed by atoms with Gasteiger partial charge in [-0.05, 0) is 18.6 Å². The molecule has 0 atom stereocenters. The summed E-state index contributed by atoms with van der Waals surface area (Å²) in [4.78, 5) is 11.1. The average molecular weight is 282 g/mol. The Morgan fingerprint density at radius 2 is 1.84 bits per heavy atom. The number of hydrogen-bond acceptors (Lipinski definition) is 2. The molecule has 0 bridgehead atoms. The molecule has 1 rings (SSSR count). The Labute approximate surface area is 106 Å². The number of alkyl halides is 5. The standard InChI is InChI=1S/C12H11F5O2/c1-2-19-10(18)7-8-4-3-5-9(6-8)11(13,14)12(15,16)17/h3-6H,2,7H2,1H3. The van der Waals surface area contributed by atoms with Gasteiger partial charge in [0.25, 0.3) is 0 Å². The van der Waals surface area contributed by atoms with Crippen LogP contribution in [0.4, 0.5) is 22.0 Å². The third-order valence-electron chi connectivity index (χ3n) is 2.30. The lowest BCUT2D eigenvalue weighted by molar-refractivity contribution is -0.289. The van der Waals surface area contributed by atoms with Crippen molar-refractivity contribution in [1.82, 2.24) is 0 Å². The van der Waals surface area contributed by atoms with E-state index < -0.39 is 23.6 Å². The van der Waals surface area contributed by atoms with Crippen LogP contribution in [0, 0.1) is 0 Å². The van der Waals surface area contributed by atoms with Gasteiger partial charge in [-0.15, -0.1) is 0 Å². The third-order valence-corrected chi connectivity index (χ3v) is 2.30. The fourth-order valence-electron chi connectivity index (χ4n) is 1.42. The van der Waals surface area contributed by atoms with Gasteiger partial charge in [0.05, 0.1) is 13.0 Å². The lowest BCUT2D eigenvalue weighted by Crippen LogP contribution is -2.33. The fraction of sp³-hybridized carbons (Fsp3) is 0.417. The van der Waals surface area contributed by atoms with Crippen LogP contribution in [0.5, 0.6) is 0 Å². The molecule has 0 aliphatic rings. The molecule has 1 aromatic carbocycles. The average Bonchev–Trinajstić information content (AvgIpc) is 2.28. The second kappa shape index (κ2) is 5.54. The minimum atomic E-state index is -5.67. The van der Waals surface area contributed by atoms with E-state index in [0.29, 0.717) is 12.1 Å². The molecule has 0 unspecified atom stereocenters. The monoisotopic (exact) mass is 282 g/mol. The Kier molecular flexibility index (Phi) is 4.49. The maximum absolute atomic E-state index is 13.1. The lowest BCUT2D eigenvalue weighted by Gasteiger charge is -2.20. The highest BCUT2D eigenvalue weighted by atomic mass is 19.4. The van der Waals surface area contributed by atoms with E-state index in [1.165, 1.54) is 6.07 Å². The molecule has 0 heterocycles. The number of carbonyl (C=O) groups is 1. The number of halogens is 5. The van der Waals surface area contributed by atoms with Gasteiger partial charge < -0.3 is 4.74 Å². The van der Waals surface area contributed by atoms with E-state index in [-0.39, 0.29) is 18.6 Å². The van der Waals surface area contributed by atoms with E-state index in [1.54, 1.807) is 6.92 Å². The number of hydrogen-bond donors (Lipinski definition) is 0. The number of carbonyl (C=O) groups excluding carboxylic acids is 1. The summed E-state index contributed by atoms with van der Waals surface area (Å²) in [6, 6.07) is 3.66. The van der Waals surface area contributed by atoms with E-state index >= 15 is 0 Å². The maximum atomic E-state index is 13.1. The molecule has 0 amide bonds. The first-order valence-electron chi connectivity index (χ1n) is 5.38. The number of rotatable bonds is 4. The largest absolute Gasteiger partial charge is 0.466 e.